The van der Waals surface area contributed by atoms with E-state index in [1.54, 1.807) is 45.6 Å². The zero-order valence-corrected chi connectivity index (χ0v) is 15.2. The summed E-state index contributed by atoms with van der Waals surface area (Å²) in [5, 5.41) is 3.34. The van der Waals surface area contributed by atoms with Gasteiger partial charge in [0.1, 0.15) is 18.2 Å². The first-order chi connectivity index (χ1) is 12.5. The molecule has 2 aromatic rings. The maximum Gasteiger partial charge on any atom is 0.257 e. The minimum atomic E-state index is -0.165. The van der Waals surface area contributed by atoms with Crippen LogP contribution in [0.3, 0.4) is 0 Å². The monoisotopic (exact) mass is 357 g/mol. The zero-order valence-electron chi connectivity index (χ0n) is 15.2. The SMILES string of the molecule is COCc1nc(C2CC(Nc3ncccc3C(=O)N(C)C)C2)cc(=O)[nH]1. The van der Waals surface area contributed by atoms with Gasteiger partial charge in [-0.1, -0.05) is 0 Å². The fourth-order valence-corrected chi connectivity index (χ4v) is 3.05. The molecule has 1 fully saturated rings. The van der Waals surface area contributed by atoms with Crippen molar-refractivity contribution in [1.82, 2.24) is 19.9 Å². The van der Waals surface area contributed by atoms with E-state index in [1.807, 2.05) is 0 Å². The average Bonchev–Trinajstić information content (AvgIpc) is 2.57. The number of carbonyl (C=O) groups excluding carboxylic acids is 1. The molecule has 0 aromatic carbocycles. The number of amides is 1. The van der Waals surface area contributed by atoms with Crippen LogP contribution in [0.4, 0.5) is 5.82 Å². The van der Waals surface area contributed by atoms with Crippen molar-refractivity contribution in [2.45, 2.75) is 31.4 Å². The van der Waals surface area contributed by atoms with E-state index in [-0.39, 0.29) is 30.0 Å². The van der Waals surface area contributed by atoms with Crippen LogP contribution in [-0.4, -0.2) is 53.0 Å². The molecule has 2 aromatic heterocycles. The number of pyridine rings is 1. The van der Waals surface area contributed by atoms with Crippen LogP contribution in [0.2, 0.25) is 0 Å². The molecule has 138 valence electrons. The lowest BCUT2D eigenvalue weighted by Crippen LogP contribution is -2.36. The number of methoxy groups -OCH3 is 1. The Kier molecular flexibility index (Phi) is 5.32. The Morgan fingerprint density at radius 3 is 2.88 bits per heavy atom. The van der Waals surface area contributed by atoms with Gasteiger partial charge in [0.2, 0.25) is 0 Å². The van der Waals surface area contributed by atoms with Gasteiger partial charge in [-0.3, -0.25) is 9.59 Å². The highest BCUT2D eigenvalue weighted by molar-refractivity contribution is 5.98. The molecular weight excluding hydrogens is 334 g/mol. The summed E-state index contributed by atoms with van der Waals surface area (Å²) in [6.45, 7) is 0.279. The number of aromatic amines is 1. The molecule has 0 spiro atoms. The van der Waals surface area contributed by atoms with Crippen molar-refractivity contribution < 1.29 is 9.53 Å². The van der Waals surface area contributed by atoms with E-state index in [4.69, 9.17) is 4.74 Å². The van der Waals surface area contributed by atoms with Gasteiger partial charge in [-0.15, -0.1) is 0 Å². The first-order valence-electron chi connectivity index (χ1n) is 8.50. The second-order valence-corrected chi connectivity index (χ2v) is 6.66. The van der Waals surface area contributed by atoms with Gasteiger partial charge in [0.15, 0.2) is 0 Å². The Bertz CT molecular complexity index is 843. The van der Waals surface area contributed by atoms with Crippen molar-refractivity contribution in [3.05, 3.63) is 51.8 Å². The third-order valence-electron chi connectivity index (χ3n) is 4.43. The highest BCUT2D eigenvalue weighted by atomic mass is 16.5. The third kappa shape index (κ3) is 3.91. The Morgan fingerprint density at radius 2 is 2.19 bits per heavy atom. The van der Waals surface area contributed by atoms with E-state index in [9.17, 15) is 9.59 Å². The predicted octanol–water partition coefficient (Wildman–Crippen LogP) is 1.37. The van der Waals surface area contributed by atoms with E-state index in [1.165, 1.54) is 4.90 Å². The van der Waals surface area contributed by atoms with Gasteiger partial charge in [0, 0.05) is 45.4 Å². The van der Waals surface area contributed by atoms with Crippen LogP contribution in [0.15, 0.2) is 29.2 Å². The zero-order chi connectivity index (χ0) is 18.7. The summed E-state index contributed by atoms with van der Waals surface area (Å²) in [6, 6.07) is 5.25. The maximum atomic E-state index is 12.3. The number of ether oxygens (including phenoxy) is 1. The summed E-state index contributed by atoms with van der Waals surface area (Å²) in [4.78, 5) is 37.0. The normalized spacial score (nSPS) is 18.9. The second-order valence-electron chi connectivity index (χ2n) is 6.66. The summed E-state index contributed by atoms with van der Waals surface area (Å²) < 4.78 is 5.04. The lowest BCUT2D eigenvalue weighted by molar-refractivity contribution is 0.0828. The van der Waals surface area contributed by atoms with Gasteiger partial charge in [0.05, 0.1) is 11.3 Å². The van der Waals surface area contributed by atoms with Crippen LogP contribution in [0, 0.1) is 0 Å². The highest BCUT2D eigenvalue weighted by Gasteiger charge is 2.32. The summed E-state index contributed by atoms with van der Waals surface area (Å²) in [5.41, 5.74) is 1.17. The van der Waals surface area contributed by atoms with E-state index >= 15 is 0 Å². The van der Waals surface area contributed by atoms with Gasteiger partial charge >= 0.3 is 0 Å². The number of nitrogens with zero attached hydrogens (tertiary/aromatic N) is 3. The molecule has 3 rings (SSSR count). The third-order valence-corrected chi connectivity index (χ3v) is 4.43. The molecule has 0 bridgehead atoms. The molecule has 0 aliphatic heterocycles. The Morgan fingerprint density at radius 1 is 1.42 bits per heavy atom. The summed E-state index contributed by atoms with van der Waals surface area (Å²) in [7, 11) is 5.00. The first-order valence-corrected chi connectivity index (χ1v) is 8.50. The predicted molar refractivity (Wildman–Crippen MR) is 97.2 cm³/mol. The number of carbonyl (C=O) groups is 1. The molecule has 0 atom stereocenters. The lowest BCUT2D eigenvalue weighted by atomic mass is 9.78. The largest absolute Gasteiger partial charge is 0.377 e. The van der Waals surface area contributed by atoms with Crippen LogP contribution in [-0.2, 0) is 11.3 Å². The molecular formula is C18H23N5O3. The molecule has 1 amide bonds. The van der Waals surface area contributed by atoms with Gasteiger partial charge in [-0.25, -0.2) is 9.97 Å². The molecule has 0 saturated heterocycles. The van der Waals surface area contributed by atoms with E-state index in [2.05, 4.69) is 20.3 Å². The highest BCUT2D eigenvalue weighted by Crippen LogP contribution is 2.37. The minimum Gasteiger partial charge on any atom is -0.377 e. The molecule has 0 radical (unpaired) electrons. The molecule has 2 N–H and O–H groups in total. The molecule has 1 aliphatic rings. The Hall–Kier alpha value is -2.74. The molecule has 2 heterocycles. The van der Waals surface area contributed by atoms with E-state index < -0.39 is 0 Å². The fraction of sp³-hybridized carbons (Fsp3) is 0.444. The van der Waals surface area contributed by atoms with Crippen LogP contribution in [0.25, 0.3) is 0 Å². The van der Waals surface area contributed by atoms with Crippen molar-refractivity contribution in [3.8, 4) is 0 Å². The standard InChI is InChI=1S/C18H23N5O3/c1-23(2)18(25)13-5-4-6-19-17(13)20-12-7-11(8-12)14-9-16(24)22-15(21-14)10-26-3/h4-6,9,11-12H,7-8,10H2,1-3H3,(H,19,20)(H,21,22,24). The molecule has 26 heavy (non-hydrogen) atoms. The summed E-state index contributed by atoms with van der Waals surface area (Å²) in [5.74, 6) is 1.25. The number of H-pyrrole nitrogens is 1. The van der Waals surface area contributed by atoms with Crippen LogP contribution >= 0.6 is 0 Å². The number of rotatable bonds is 6. The van der Waals surface area contributed by atoms with Gasteiger partial charge in [-0.2, -0.15) is 0 Å². The molecule has 8 heteroatoms. The lowest BCUT2D eigenvalue weighted by Gasteiger charge is -2.36. The van der Waals surface area contributed by atoms with Crippen molar-refractivity contribution in [1.29, 1.82) is 0 Å². The quantitative estimate of drug-likeness (QED) is 0.810. The number of nitrogens with one attached hydrogen (secondary N) is 2. The van der Waals surface area contributed by atoms with Crippen LogP contribution < -0.4 is 10.9 Å². The van der Waals surface area contributed by atoms with Crippen molar-refractivity contribution in [2.24, 2.45) is 0 Å². The van der Waals surface area contributed by atoms with Gasteiger partial charge in [0.25, 0.3) is 11.5 Å². The van der Waals surface area contributed by atoms with Crippen molar-refractivity contribution >= 4 is 11.7 Å². The van der Waals surface area contributed by atoms with E-state index in [0.717, 1.165) is 18.5 Å². The average molecular weight is 357 g/mol. The van der Waals surface area contributed by atoms with E-state index in [0.29, 0.717) is 17.2 Å². The smallest absolute Gasteiger partial charge is 0.257 e. The molecule has 0 unspecified atom stereocenters. The number of anilines is 1. The Balaban J connectivity index is 1.67. The number of aromatic nitrogens is 3. The molecule has 8 nitrogen and oxygen atoms in total. The van der Waals surface area contributed by atoms with Crippen molar-refractivity contribution in [3.63, 3.8) is 0 Å². The van der Waals surface area contributed by atoms with Crippen LogP contribution in [0.1, 0.15) is 40.6 Å². The Labute approximate surface area is 151 Å². The number of hydrogen-bond acceptors (Lipinski definition) is 6. The van der Waals surface area contributed by atoms with Crippen LogP contribution in [0.5, 0.6) is 0 Å². The van der Waals surface area contributed by atoms with Crippen molar-refractivity contribution in [2.75, 3.05) is 26.5 Å². The minimum absolute atomic E-state index is 0.0862. The molecule has 1 saturated carbocycles. The molecule has 1 aliphatic carbocycles. The first kappa shape index (κ1) is 18.1. The topological polar surface area (TPSA) is 100 Å². The number of hydrogen-bond donors (Lipinski definition) is 2. The maximum absolute atomic E-state index is 12.3. The van der Waals surface area contributed by atoms with Gasteiger partial charge in [-0.05, 0) is 25.0 Å². The summed E-state index contributed by atoms with van der Waals surface area (Å²) >= 11 is 0. The fourth-order valence-electron chi connectivity index (χ4n) is 3.05. The second kappa shape index (κ2) is 7.65. The summed E-state index contributed by atoms with van der Waals surface area (Å²) in [6.07, 6.45) is 3.32. The van der Waals surface area contributed by atoms with Gasteiger partial charge < -0.3 is 19.9 Å².